The summed E-state index contributed by atoms with van der Waals surface area (Å²) >= 11 is 0. The van der Waals surface area contributed by atoms with Gasteiger partial charge in [0.25, 0.3) is 5.95 Å². The van der Waals surface area contributed by atoms with Crippen molar-refractivity contribution in [1.82, 2.24) is 0 Å². The summed E-state index contributed by atoms with van der Waals surface area (Å²) in [4.78, 5) is 0. The van der Waals surface area contributed by atoms with E-state index < -0.39 is 0 Å². The predicted octanol–water partition coefficient (Wildman–Crippen LogP) is 2.23. The van der Waals surface area contributed by atoms with Gasteiger partial charge in [0.2, 0.25) is 0 Å². The Morgan fingerprint density at radius 3 is 2.55 bits per heavy atom. The molecule has 0 aliphatic rings. The molecule has 1 aromatic carbocycles. The molecule has 0 heterocycles. The number of rotatable bonds is 3. The molecule has 0 aliphatic carbocycles. The van der Waals surface area contributed by atoms with Crippen LogP contribution in [0.3, 0.4) is 0 Å². The molecule has 58 valence electrons. The van der Waals surface area contributed by atoms with Crippen molar-refractivity contribution in [3.8, 4) is 0 Å². The maximum Gasteiger partial charge on any atom is 0.269 e. The molecular weight excluding hydrogens is 140 g/mol. The number of hydrogen-bond acceptors (Lipinski definition) is 2. The van der Waals surface area contributed by atoms with Crippen molar-refractivity contribution in [2.75, 3.05) is 0 Å². The van der Waals surface area contributed by atoms with E-state index in [0.29, 0.717) is 6.61 Å². The first-order chi connectivity index (χ1) is 5.29. The van der Waals surface area contributed by atoms with Crippen molar-refractivity contribution in [3.63, 3.8) is 0 Å². The Kier molecular flexibility index (Phi) is 2.55. The van der Waals surface area contributed by atoms with E-state index in [-0.39, 0.29) is 5.95 Å². The topological polar surface area (TPSA) is 29.5 Å². The van der Waals surface area contributed by atoms with E-state index in [4.69, 9.17) is 9.84 Å². The second kappa shape index (κ2) is 3.66. The van der Waals surface area contributed by atoms with E-state index in [9.17, 15) is 0 Å². The van der Waals surface area contributed by atoms with Gasteiger partial charge in [0, 0.05) is 0 Å². The first-order valence-electron chi connectivity index (χ1n) is 3.33. The van der Waals surface area contributed by atoms with Crippen LogP contribution in [0, 0.1) is 0 Å². The molecule has 0 saturated heterocycles. The molecule has 0 unspecified atom stereocenters. The van der Waals surface area contributed by atoms with Crippen LogP contribution < -0.4 is 0 Å². The van der Waals surface area contributed by atoms with Gasteiger partial charge < -0.3 is 9.84 Å². The minimum absolute atomic E-state index is 0.242. The minimum atomic E-state index is -0.242. The molecule has 1 N–H and O–H groups in total. The van der Waals surface area contributed by atoms with E-state index in [1.165, 1.54) is 0 Å². The number of aliphatic hydroxyl groups is 1. The zero-order chi connectivity index (χ0) is 8.10. The van der Waals surface area contributed by atoms with E-state index in [0.717, 1.165) is 5.56 Å². The molecule has 0 atom stereocenters. The van der Waals surface area contributed by atoms with Crippen molar-refractivity contribution in [3.05, 3.63) is 48.4 Å². The zero-order valence-corrected chi connectivity index (χ0v) is 6.16. The van der Waals surface area contributed by atoms with Gasteiger partial charge in [-0.25, -0.2) is 0 Å². The number of hydrogen-bond donors (Lipinski definition) is 1. The van der Waals surface area contributed by atoms with Crippen molar-refractivity contribution in [1.29, 1.82) is 0 Å². The highest BCUT2D eigenvalue weighted by molar-refractivity contribution is 5.13. The molecule has 0 bridgehead atoms. The van der Waals surface area contributed by atoms with Gasteiger partial charge in [-0.05, 0) is 12.1 Å². The summed E-state index contributed by atoms with van der Waals surface area (Å²) in [5.74, 6) is -0.242. The maximum atomic E-state index is 8.60. The molecule has 11 heavy (non-hydrogen) atoms. The highest BCUT2D eigenvalue weighted by Gasteiger charge is 1.91. The summed E-state index contributed by atoms with van der Waals surface area (Å²) in [5.41, 5.74) is 1.02. The molecule has 0 amide bonds. The molecule has 2 nitrogen and oxygen atoms in total. The monoisotopic (exact) mass is 150 g/mol. The molecule has 0 aromatic heterocycles. The average Bonchev–Trinajstić information content (AvgIpc) is 2.03. The fraction of sp³-hybridized carbons (Fsp3) is 0.111. The van der Waals surface area contributed by atoms with E-state index in [1.54, 1.807) is 0 Å². The lowest BCUT2D eigenvalue weighted by Gasteiger charge is -2.01. The van der Waals surface area contributed by atoms with Gasteiger partial charge in [-0.2, -0.15) is 0 Å². The summed E-state index contributed by atoms with van der Waals surface area (Å²) < 4.78 is 4.79. The molecule has 0 spiro atoms. The largest absolute Gasteiger partial charge is 0.481 e. The Balaban J connectivity index is 2.45. The van der Waals surface area contributed by atoms with Gasteiger partial charge in [0.15, 0.2) is 0 Å². The number of benzene rings is 1. The number of ether oxygens (including phenoxy) is 1. The first kappa shape index (κ1) is 7.66. The van der Waals surface area contributed by atoms with Gasteiger partial charge in [0.05, 0.1) is 0 Å². The fourth-order valence-electron chi connectivity index (χ4n) is 0.741. The summed E-state index contributed by atoms with van der Waals surface area (Å²) in [6, 6.07) is 9.60. The van der Waals surface area contributed by atoms with E-state index in [2.05, 4.69) is 6.58 Å². The van der Waals surface area contributed by atoms with Gasteiger partial charge in [-0.1, -0.05) is 30.3 Å². The van der Waals surface area contributed by atoms with Crippen LogP contribution in [-0.4, -0.2) is 5.11 Å². The van der Waals surface area contributed by atoms with Crippen LogP contribution in [0.1, 0.15) is 5.56 Å². The number of aliphatic hydroxyl groups excluding tert-OH is 1. The van der Waals surface area contributed by atoms with Crippen LogP contribution in [0.5, 0.6) is 0 Å². The Labute approximate surface area is 65.7 Å². The van der Waals surface area contributed by atoms with Gasteiger partial charge in [-0.15, -0.1) is 0 Å². The molecule has 0 radical (unpaired) electrons. The normalized spacial score (nSPS) is 9.09. The highest BCUT2D eigenvalue weighted by atomic mass is 16.6. The second-order valence-corrected chi connectivity index (χ2v) is 2.17. The molecule has 0 aliphatic heterocycles. The quantitative estimate of drug-likeness (QED) is 0.669. The van der Waals surface area contributed by atoms with Crippen LogP contribution in [0.15, 0.2) is 42.9 Å². The highest BCUT2D eigenvalue weighted by Crippen LogP contribution is 2.01. The van der Waals surface area contributed by atoms with Gasteiger partial charge in [0.1, 0.15) is 6.61 Å². The van der Waals surface area contributed by atoms with Gasteiger partial charge in [-0.3, -0.25) is 0 Å². The zero-order valence-electron chi connectivity index (χ0n) is 6.16. The Hall–Kier alpha value is -1.44. The summed E-state index contributed by atoms with van der Waals surface area (Å²) in [6.07, 6.45) is 0. The lowest BCUT2D eigenvalue weighted by molar-refractivity contribution is 0.0849. The van der Waals surface area contributed by atoms with E-state index >= 15 is 0 Å². The third-order valence-electron chi connectivity index (χ3n) is 1.25. The van der Waals surface area contributed by atoms with Crippen molar-refractivity contribution in [2.45, 2.75) is 6.61 Å². The Morgan fingerprint density at radius 1 is 1.36 bits per heavy atom. The summed E-state index contributed by atoms with van der Waals surface area (Å²) in [6.45, 7) is 3.57. The first-order valence-corrected chi connectivity index (χ1v) is 3.33. The SMILES string of the molecule is C=C(O)OCc1ccccc1. The minimum Gasteiger partial charge on any atom is -0.481 e. The lowest BCUT2D eigenvalue weighted by atomic mass is 10.2. The Bertz CT molecular complexity index is 229. The van der Waals surface area contributed by atoms with Crippen LogP contribution in [0.2, 0.25) is 0 Å². The fourth-order valence-corrected chi connectivity index (χ4v) is 0.741. The van der Waals surface area contributed by atoms with Crippen molar-refractivity contribution in [2.24, 2.45) is 0 Å². The molecule has 1 rings (SSSR count). The summed E-state index contributed by atoms with van der Waals surface area (Å²) in [7, 11) is 0. The molecule has 1 aromatic rings. The second-order valence-electron chi connectivity index (χ2n) is 2.17. The van der Waals surface area contributed by atoms with Crippen LogP contribution in [-0.2, 0) is 11.3 Å². The van der Waals surface area contributed by atoms with Gasteiger partial charge >= 0.3 is 0 Å². The smallest absolute Gasteiger partial charge is 0.269 e. The molecule has 2 heteroatoms. The summed E-state index contributed by atoms with van der Waals surface area (Å²) in [5, 5.41) is 8.60. The standard InChI is InChI=1S/C9H10O2/c1-8(10)11-7-9-5-3-2-4-6-9/h2-6,10H,1,7H2. The van der Waals surface area contributed by atoms with E-state index in [1.807, 2.05) is 30.3 Å². The van der Waals surface area contributed by atoms with Crippen molar-refractivity contribution < 1.29 is 9.84 Å². The lowest BCUT2D eigenvalue weighted by Crippen LogP contribution is -1.90. The van der Waals surface area contributed by atoms with Crippen molar-refractivity contribution >= 4 is 0 Å². The third-order valence-corrected chi connectivity index (χ3v) is 1.25. The Morgan fingerprint density at radius 2 is 2.00 bits per heavy atom. The average molecular weight is 150 g/mol. The maximum absolute atomic E-state index is 8.60. The predicted molar refractivity (Wildman–Crippen MR) is 43.0 cm³/mol. The molecule has 0 saturated carbocycles. The van der Waals surface area contributed by atoms with Crippen LogP contribution >= 0.6 is 0 Å². The van der Waals surface area contributed by atoms with Crippen LogP contribution in [0.25, 0.3) is 0 Å². The molecule has 0 fully saturated rings. The third kappa shape index (κ3) is 2.76. The van der Waals surface area contributed by atoms with Crippen LogP contribution in [0.4, 0.5) is 0 Å². The molecular formula is C9H10O2.